The number of hydrogen-bond acceptors (Lipinski definition) is 5. The van der Waals surface area contributed by atoms with E-state index in [1.165, 1.54) is 12.1 Å². The van der Waals surface area contributed by atoms with Crippen molar-refractivity contribution in [2.45, 2.75) is 33.4 Å². The fraction of sp³-hybridized carbons (Fsp3) is 0.250. The zero-order valence-electron chi connectivity index (χ0n) is 16.0. The number of rotatable bonds is 6. The van der Waals surface area contributed by atoms with E-state index in [1.807, 2.05) is 31.3 Å². The molecule has 0 aliphatic rings. The van der Waals surface area contributed by atoms with Gasteiger partial charge in [-0.05, 0) is 57.2 Å². The van der Waals surface area contributed by atoms with E-state index in [-0.39, 0.29) is 11.9 Å². The largest absolute Gasteiger partial charge is 0.361 e. The highest BCUT2D eigenvalue weighted by atomic mass is 19.1. The Labute approximate surface area is 162 Å². The lowest BCUT2D eigenvalue weighted by Crippen LogP contribution is -2.31. The van der Waals surface area contributed by atoms with Crippen molar-refractivity contribution >= 4 is 22.8 Å². The molecular weight excluding hydrogens is 357 g/mol. The Kier molecular flexibility index (Phi) is 4.68. The maximum absolute atomic E-state index is 13.3. The monoisotopic (exact) mass is 379 g/mol. The number of fused-ring (bicyclic) bond motifs is 1. The number of anilines is 3. The van der Waals surface area contributed by atoms with Crippen molar-refractivity contribution in [3.63, 3.8) is 0 Å². The van der Waals surface area contributed by atoms with Crippen LogP contribution in [0.25, 0.3) is 5.52 Å². The zero-order chi connectivity index (χ0) is 19.7. The molecular formula is C20H22FN7. The molecule has 3 aromatic heterocycles. The first kappa shape index (κ1) is 18.0. The molecule has 4 rings (SSSR count). The summed E-state index contributed by atoms with van der Waals surface area (Å²) in [5, 5.41) is 15.0. The maximum atomic E-state index is 13.3. The van der Waals surface area contributed by atoms with Gasteiger partial charge in [-0.15, -0.1) is 0 Å². The van der Waals surface area contributed by atoms with Crippen molar-refractivity contribution in [2.24, 2.45) is 0 Å². The second kappa shape index (κ2) is 7.30. The standard InChI is InChI=1S/C20H22FN7/c1-13(2)27(16-8-6-15(21)7-9-16)12-19-23-20(17-5-4-10-28(17)26-19)22-18-11-14(3)24-25-18/h4-11,13H,12H2,1-3H3,(H2,22,23,24,25,26). The van der Waals surface area contributed by atoms with Crippen LogP contribution in [0.5, 0.6) is 0 Å². The number of hydrogen-bond donors (Lipinski definition) is 2. The van der Waals surface area contributed by atoms with Crippen molar-refractivity contribution in [1.82, 2.24) is 24.8 Å². The zero-order valence-corrected chi connectivity index (χ0v) is 16.0. The van der Waals surface area contributed by atoms with E-state index < -0.39 is 0 Å². The molecule has 0 radical (unpaired) electrons. The highest BCUT2D eigenvalue weighted by Crippen LogP contribution is 2.23. The predicted octanol–water partition coefficient (Wildman–Crippen LogP) is 4.06. The summed E-state index contributed by atoms with van der Waals surface area (Å²) >= 11 is 0. The van der Waals surface area contributed by atoms with Gasteiger partial charge in [0.2, 0.25) is 0 Å². The summed E-state index contributed by atoms with van der Waals surface area (Å²) in [7, 11) is 0. The summed E-state index contributed by atoms with van der Waals surface area (Å²) in [6.07, 6.45) is 1.89. The maximum Gasteiger partial charge on any atom is 0.170 e. The van der Waals surface area contributed by atoms with Gasteiger partial charge in [-0.2, -0.15) is 10.2 Å². The molecule has 0 aliphatic carbocycles. The van der Waals surface area contributed by atoms with Gasteiger partial charge < -0.3 is 10.2 Å². The molecule has 144 valence electrons. The molecule has 2 N–H and O–H groups in total. The quantitative estimate of drug-likeness (QED) is 0.528. The highest BCUT2D eigenvalue weighted by molar-refractivity contribution is 5.72. The highest BCUT2D eigenvalue weighted by Gasteiger charge is 2.16. The molecule has 3 heterocycles. The van der Waals surface area contributed by atoms with E-state index in [0.717, 1.165) is 16.9 Å². The van der Waals surface area contributed by atoms with Gasteiger partial charge in [0.1, 0.15) is 11.3 Å². The Hall–Kier alpha value is -3.42. The number of H-pyrrole nitrogens is 1. The van der Waals surface area contributed by atoms with Gasteiger partial charge in [0.15, 0.2) is 17.5 Å². The fourth-order valence-corrected chi connectivity index (χ4v) is 3.10. The third-order valence-corrected chi connectivity index (χ3v) is 4.48. The Morgan fingerprint density at radius 1 is 1.21 bits per heavy atom. The summed E-state index contributed by atoms with van der Waals surface area (Å²) in [5.41, 5.74) is 2.75. The Morgan fingerprint density at radius 3 is 2.68 bits per heavy atom. The first-order valence-electron chi connectivity index (χ1n) is 9.15. The number of aryl methyl sites for hydroxylation is 1. The molecule has 28 heavy (non-hydrogen) atoms. The van der Waals surface area contributed by atoms with Crippen LogP contribution < -0.4 is 10.2 Å². The van der Waals surface area contributed by atoms with Crippen LogP contribution in [-0.2, 0) is 6.54 Å². The molecule has 0 atom stereocenters. The number of nitrogens with one attached hydrogen (secondary N) is 2. The normalized spacial score (nSPS) is 11.3. The summed E-state index contributed by atoms with van der Waals surface area (Å²) in [6, 6.07) is 12.5. The first-order chi connectivity index (χ1) is 13.5. The van der Waals surface area contributed by atoms with E-state index in [2.05, 4.69) is 39.4 Å². The van der Waals surface area contributed by atoms with Crippen molar-refractivity contribution in [3.05, 3.63) is 66.0 Å². The van der Waals surface area contributed by atoms with Crippen molar-refractivity contribution < 1.29 is 4.39 Å². The van der Waals surface area contributed by atoms with Crippen LogP contribution in [0.4, 0.5) is 21.7 Å². The molecule has 0 fully saturated rings. The minimum Gasteiger partial charge on any atom is -0.361 e. The van der Waals surface area contributed by atoms with Crippen LogP contribution in [0.1, 0.15) is 25.4 Å². The molecule has 1 aromatic carbocycles. The van der Waals surface area contributed by atoms with Crippen LogP contribution in [-0.4, -0.2) is 30.8 Å². The van der Waals surface area contributed by atoms with Gasteiger partial charge in [0, 0.05) is 29.7 Å². The van der Waals surface area contributed by atoms with E-state index in [4.69, 9.17) is 4.98 Å². The second-order valence-electron chi connectivity index (χ2n) is 6.97. The van der Waals surface area contributed by atoms with E-state index in [1.54, 1.807) is 16.6 Å². The lowest BCUT2D eigenvalue weighted by atomic mass is 10.2. The number of aromatic amines is 1. The minimum absolute atomic E-state index is 0.194. The summed E-state index contributed by atoms with van der Waals surface area (Å²) < 4.78 is 15.1. The van der Waals surface area contributed by atoms with Crippen LogP contribution in [0.3, 0.4) is 0 Å². The molecule has 0 amide bonds. The smallest absolute Gasteiger partial charge is 0.170 e. The predicted molar refractivity (Wildman–Crippen MR) is 107 cm³/mol. The van der Waals surface area contributed by atoms with Gasteiger partial charge in [0.25, 0.3) is 0 Å². The summed E-state index contributed by atoms with van der Waals surface area (Å²) in [4.78, 5) is 6.86. The first-order valence-corrected chi connectivity index (χ1v) is 9.15. The second-order valence-corrected chi connectivity index (χ2v) is 6.97. The van der Waals surface area contributed by atoms with Crippen LogP contribution in [0, 0.1) is 12.7 Å². The Balaban J connectivity index is 1.68. The molecule has 0 aliphatic heterocycles. The number of benzene rings is 1. The molecule has 0 saturated heterocycles. The third-order valence-electron chi connectivity index (χ3n) is 4.48. The fourth-order valence-electron chi connectivity index (χ4n) is 3.10. The topological polar surface area (TPSA) is 74.1 Å². The van der Waals surface area contributed by atoms with E-state index >= 15 is 0 Å². The van der Waals surface area contributed by atoms with Gasteiger partial charge in [-0.25, -0.2) is 13.9 Å². The molecule has 0 bridgehead atoms. The molecule has 0 unspecified atom stereocenters. The third kappa shape index (κ3) is 3.66. The Morgan fingerprint density at radius 2 is 2.00 bits per heavy atom. The van der Waals surface area contributed by atoms with Crippen molar-refractivity contribution in [3.8, 4) is 0 Å². The number of nitrogens with zero attached hydrogens (tertiary/aromatic N) is 5. The number of halogens is 1. The van der Waals surface area contributed by atoms with Gasteiger partial charge in [0.05, 0.1) is 6.54 Å². The van der Waals surface area contributed by atoms with E-state index in [9.17, 15) is 4.39 Å². The lowest BCUT2D eigenvalue weighted by Gasteiger charge is -2.28. The minimum atomic E-state index is -0.252. The average molecular weight is 379 g/mol. The molecule has 7 nitrogen and oxygen atoms in total. The summed E-state index contributed by atoms with van der Waals surface area (Å²) in [5.74, 6) is 1.78. The summed E-state index contributed by atoms with van der Waals surface area (Å²) in [6.45, 7) is 6.61. The average Bonchev–Trinajstić information content (AvgIpc) is 3.29. The molecule has 0 spiro atoms. The van der Waals surface area contributed by atoms with Crippen LogP contribution in [0.2, 0.25) is 0 Å². The number of aromatic nitrogens is 5. The lowest BCUT2D eigenvalue weighted by molar-refractivity contribution is 0.623. The molecule has 8 heteroatoms. The van der Waals surface area contributed by atoms with E-state index in [0.29, 0.717) is 24.0 Å². The van der Waals surface area contributed by atoms with Crippen molar-refractivity contribution in [2.75, 3.05) is 10.2 Å². The SMILES string of the molecule is Cc1cc(Nc2nc(CN(c3ccc(F)cc3)C(C)C)nn3cccc23)n[nH]1. The molecule has 4 aromatic rings. The Bertz CT molecular complexity index is 1080. The van der Waals surface area contributed by atoms with Crippen LogP contribution in [0.15, 0.2) is 48.7 Å². The van der Waals surface area contributed by atoms with Gasteiger partial charge in [-0.1, -0.05) is 0 Å². The van der Waals surface area contributed by atoms with Gasteiger partial charge >= 0.3 is 0 Å². The van der Waals surface area contributed by atoms with Gasteiger partial charge in [-0.3, -0.25) is 5.10 Å². The van der Waals surface area contributed by atoms with Crippen molar-refractivity contribution in [1.29, 1.82) is 0 Å². The molecule has 0 saturated carbocycles. The van der Waals surface area contributed by atoms with Crippen LogP contribution >= 0.6 is 0 Å².